The van der Waals surface area contributed by atoms with Gasteiger partial charge < -0.3 is 14.9 Å². The summed E-state index contributed by atoms with van der Waals surface area (Å²) in [6.07, 6.45) is 0.139. The minimum absolute atomic E-state index is 0.0417. The molecule has 1 aliphatic heterocycles. The van der Waals surface area contributed by atoms with Crippen molar-refractivity contribution in [2.45, 2.75) is 24.5 Å². The van der Waals surface area contributed by atoms with Gasteiger partial charge in [-0.3, -0.25) is 9.59 Å². The Labute approximate surface area is 123 Å². The van der Waals surface area contributed by atoms with Gasteiger partial charge in [0, 0.05) is 29.2 Å². The average Bonchev–Trinajstić information content (AvgIpc) is 2.34. The molecule has 6 heteroatoms. The van der Waals surface area contributed by atoms with Crippen LogP contribution in [0.15, 0.2) is 23.3 Å². The zero-order chi connectivity index (χ0) is 14.6. The Morgan fingerprint density at radius 3 is 2.65 bits per heavy atom. The summed E-state index contributed by atoms with van der Waals surface area (Å²) >= 11 is 3.25. The molecule has 0 aromatic heterocycles. The third-order valence-corrected chi connectivity index (χ3v) is 4.16. The van der Waals surface area contributed by atoms with E-state index in [9.17, 15) is 19.8 Å². The highest BCUT2D eigenvalue weighted by molar-refractivity contribution is 9.09. The first kappa shape index (κ1) is 13.3. The predicted octanol–water partition coefficient (Wildman–Crippen LogP) is 2.30. The van der Waals surface area contributed by atoms with E-state index in [2.05, 4.69) is 15.9 Å². The van der Waals surface area contributed by atoms with Crippen LogP contribution in [0.1, 0.15) is 34.1 Å². The average molecular weight is 339 g/mol. The molecule has 2 aliphatic rings. The molecule has 2 atom stereocenters. The molecule has 3 rings (SSSR count). The normalized spacial score (nSPS) is 25.5. The van der Waals surface area contributed by atoms with E-state index in [1.54, 1.807) is 0 Å². The number of carbonyl (C=O) groups excluding carboxylic acids is 2. The minimum atomic E-state index is -0.668. The summed E-state index contributed by atoms with van der Waals surface area (Å²) in [6.45, 7) is 1.81. The van der Waals surface area contributed by atoms with Crippen LogP contribution in [0.5, 0.6) is 11.5 Å². The van der Waals surface area contributed by atoms with E-state index in [0.717, 1.165) is 6.07 Å². The second-order valence-electron chi connectivity index (χ2n) is 4.90. The first-order chi connectivity index (χ1) is 9.40. The number of ketones is 2. The van der Waals surface area contributed by atoms with Crippen molar-refractivity contribution in [3.63, 3.8) is 0 Å². The third kappa shape index (κ3) is 1.79. The van der Waals surface area contributed by atoms with Gasteiger partial charge in [-0.2, -0.15) is 0 Å². The van der Waals surface area contributed by atoms with Gasteiger partial charge in [-0.25, -0.2) is 0 Å². The fraction of sp³-hybridized carbons (Fsp3) is 0.286. The molecule has 0 radical (unpaired) electrons. The Morgan fingerprint density at radius 2 is 1.95 bits per heavy atom. The summed E-state index contributed by atoms with van der Waals surface area (Å²) in [7, 11) is 0. The molecule has 0 saturated heterocycles. The van der Waals surface area contributed by atoms with Crippen molar-refractivity contribution in [2.24, 2.45) is 0 Å². The summed E-state index contributed by atoms with van der Waals surface area (Å²) in [5, 5.41) is 18.7. The second kappa shape index (κ2) is 4.43. The third-order valence-electron chi connectivity index (χ3n) is 3.49. The smallest absolute Gasteiger partial charge is 0.197 e. The molecule has 2 N–H and O–H groups in total. The molecule has 1 unspecified atom stereocenters. The van der Waals surface area contributed by atoms with E-state index in [1.807, 2.05) is 6.92 Å². The van der Waals surface area contributed by atoms with Crippen molar-refractivity contribution in [3.8, 4) is 11.5 Å². The predicted molar refractivity (Wildman–Crippen MR) is 73.3 cm³/mol. The van der Waals surface area contributed by atoms with Crippen molar-refractivity contribution in [1.82, 2.24) is 0 Å². The van der Waals surface area contributed by atoms with Crippen LogP contribution in [0.2, 0.25) is 0 Å². The van der Waals surface area contributed by atoms with Gasteiger partial charge in [0.2, 0.25) is 0 Å². The largest absolute Gasteiger partial charge is 0.508 e. The number of alkyl halides is 1. The number of ether oxygens (including phenoxy) is 1. The van der Waals surface area contributed by atoms with Crippen molar-refractivity contribution in [3.05, 3.63) is 34.4 Å². The molecular weight excluding hydrogens is 328 g/mol. The van der Waals surface area contributed by atoms with E-state index >= 15 is 0 Å². The highest BCUT2D eigenvalue weighted by atomic mass is 79.9. The van der Waals surface area contributed by atoms with Crippen LogP contribution in [0, 0.1) is 0 Å². The van der Waals surface area contributed by atoms with Gasteiger partial charge in [0.1, 0.15) is 16.5 Å². The molecule has 5 nitrogen and oxygen atoms in total. The monoisotopic (exact) mass is 338 g/mol. The molecule has 20 heavy (non-hydrogen) atoms. The lowest BCUT2D eigenvalue weighted by Gasteiger charge is -2.31. The zero-order valence-corrected chi connectivity index (χ0v) is 12.1. The van der Waals surface area contributed by atoms with Gasteiger partial charge in [-0.1, -0.05) is 15.9 Å². The lowest BCUT2D eigenvalue weighted by Crippen LogP contribution is -2.35. The Kier molecular flexibility index (Phi) is 2.95. The highest BCUT2D eigenvalue weighted by Crippen LogP contribution is 2.41. The number of hydrogen-bond acceptors (Lipinski definition) is 5. The summed E-state index contributed by atoms with van der Waals surface area (Å²) < 4.78 is 5.51. The number of rotatable bonds is 0. The summed E-state index contributed by atoms with van der Waals surface area (Å²) in [6, 6.07) is 2.26. The van der Waals surface area contributed by atoms with Gasteiger partial charge in [0.15, 0.2) is 11.6 Å². The molecule has 0 spiro atoms. The highest BCUT2D eigenvalue weighted by Gasteiger charge is 2.41. The van der Waals surface area contributed by atoms with Gasteiger partial charge >= 0.3 is 0 Å². The first-order valence-corrected chi connectivity index (χ1v) is 6.99. The van der Waals surface area contributed by atoms with Crippen LogP contribution >= 0.6 is 15.9 Å². The van der Waals surface area contributed by atoms with Crippen LogP contribution in [-0.4, -0.2) is 32.9 Å². The van der Waals surface area contributed by atoms with Gasteiger partial charge in [0.05, 0.1) is 11.7 Å². The maximum absolute atomic E-state index is 12.5. The molecule has 1 aromatic rings. The molecule has 104 valence electrons. The Bertz CT molecular complexity index is 676. The van der Waals surface area contributed by atoms with E-state index in [0.29, 0.717) is 12.0 Å². The molecule has 0 amide bonds. The molecular formula is C14H11BrO5. The summed E-state index contributed by atoms with van der Waals surface area (Å²) in [5.74, 6) is -1.44. The van der Waals surface area contributed by atoms with Crippen LogP contribution in [0.3, 0.4) is 0 Å². The van der Waals surface area contributed by atoms with Crippen molar-refractivity contribution < 1.29 is 24.5 Å². The summed E-state index contributed by atoms with van der Waals surface area (Å²) in [5.41, 5.74) is 0.587. The number of aromatic hydroxyl groups is 2. The van der Waals surface area contributed by atoms with E-state index in [4.69, 9.17) is 4.74 Å². The number of halogens is 1. The summed E-state index contributed by atoms with van der Waals surface area (Å²) in [4.78, 5) is 25.0. The number of Topliss-reactive ketones (excluding diaryl/α,β-unsaturated/α-hetero) is 2. The quantitative estimate of drug-likeness (QED) is 0.709. The van der Waals surface area contributed by atoms with E-state index in [-0.39, 0.29) is 34.3 Å². The number of phenolic OH excluding ortho intramolecular Hbond substituents is 2. The lowest BCUT2D eigenvalue weighted by molar-refractivity contribution is 0.0494. The van der Waals surface area contributed by atoms with Crippen molar-refractivity contribution in [1.29, 1.82) is 0 Å². The molecule has 0 fully saturated rings. The second-order valence-corrected chi connectivity index (χ2v) is 5.74. The van der Waals surface area contributed by atoms with Crippen LogP contribution in [-0.2, 0) is 4.74 Å². The molecule has 1 aliphatic carbocycles. The van der Waals surface area contributed by atoms with E-state index < -0.39 is 16.5 Å². The number of benzene rings is 1. The molecule has 1 heterocycles. The maximum Gasteiger partial charge on any atom is 0.197 e. The van der Waals surface area contributed by atoms with E-state index in [1.165, 1.54) is 6.07 Å². The van der Waals surface area contributed by atoms with Crippen LogP contribution in [0.4, 0.5) is 0 Å². The maximum atomic E-state index is 12.5. The van der Waals surface area contributed by atoms with Crippen molar-refractivity contribution in [2.75, 3.05) is 0 Å². The Morgan fingerprint density at radius 1 is 1.25 bits per heavy atom. The van der Waals surface area contributed by atoms with Gasteiger partial charge in [-0.05, 0) is 13.0 Å². The van der Waals surface area contributed by atoms with Crippen LogP contribution in [0.25, 0.3) is 0 Å². The van der Waals surface area contributed by atoms with Crippen molar-refractivity contribution >= 4 is 27.5 Å². The molecule has 0 bridgehead atoms. The zero-order valence-electron chi connectivity index (χ0n) is 10.5. The first-order valence-electron chi connectivity index (χ1n) is 6.08. The lowest BCUT2D eigenvalue weighted by atomic mass is 9.80. The standard InChI is InChI=1S/C14H11BrO5/c1-5-2-7-11(14(15)20-5)13(19)10-8(12(7)18)3-6(16)4-9(10)17/h3-5,14,16-17H,2H2,1H3/t5-,14?/m0/s1. The topological polar surface area (TPSA) is 83.8 Å². The molecule has 0 saturated carbocycles. The number of carbonyl (C=O) groups is 2. The van der Waals surface area contributed by atoms with Gasteiger partial charge in [0.25, 0.3) is 0 Å². The van der Waals surface area contributed by atoms with Gasteiger partial charge in [-0.15, -0.1) is 0 Å². The minimum Gasteiger partial charge on any atom is -0.508 e. The molecule has 1 aromatic carbocycles. The number of fused-ring (bicyclic) bond motifs is 1. The van der Waals surface area contributed by atoms with Crippen LogP contribution < -0.4 is 0 Å². The fourth-order valence-electron chi connectivity index (χ4n) is 2.64. The SMILES string of the molecule is C[C@H]1CC2=C(C(=O)c3c(O)cc(O)cc3C2=O)C(Br)O1. The fourth-order valence-corrected chi connectivity index (χ4v) is 3.49. The Balaban J connectivity index is 2.25. The number of hydrogen-bond donors (Lipinski definition) is 2. The Hall–Kier alpha value is -1.66. The number of phenols is 2.